The number of likely N-dealkylation sites (tertiary alicyclic amines) is 1. The standard InChI is InChI=1S/C21H19ClFN3O3/c22-17-4-2-1-3-13(17)11-19(27)25-9-7-15(8-10-25)26-20(28)16-12-14(23)5-6-18(16)24-21(26)29/h1-6,12,15H,7-11H2,(H,24,29). The minimum absolute atomic E-state index is 0.0432. The molecule has 2 aromatic carbocycles. The van der Waals surface area contributed by atoms with Gasteiger partial charge in [0.05, 0.1) is 17.3 Å². The number of carbonyl (C=O) groups is 1. The molecule has 0 aliphatic carbocycles. The van der Waals surface area contributed by atoms with E-state index in [4.69, 9.17) is 11.6 Å². The first-order valence-corrected chi connectivity index (χ1v) is 9.77. The van der Waals surface area contributed by atoms with Crippen molar-refractivity contribution < 1.29 is 9.18 Å². The zero-order chi connectivity index (χ0) is 20.5. The van der Waals surface area contributed by atoms with Gasteiger partial charge in [-0.25, -0.2) is 9.18 Å². The van der Waals surface area contributed by atoms with Crippen molar-refractivity contribution in [1.29, 1.82) is 0 Å². The Kier molecular flexibility index (Phi) is 5.24. The quantitative estimate of drug-likeness (QED) is 0.714. The number of nitrogens with one attached hydrogen (secondary N) is 1. The Morgan fingerprint density at radius 3 is 2.59 bits per heavy atom. The van der Waals surface area contributed by atoms with Gasteiger partial charge in [-0.05, 0) is 42.7 Å². The highest BCUT2D eigenvalue weighted by Crippen LogP contribution is 2.22. The average Bonchev–Trinajstić information content (AvgIpc) is 2.71. The van der Waals surface area contributed by atoms with E-state index in [0.29, 0.717) is 36.5 Å². The fourth-order valence-electron chi connectivity index (χ4n) is 3.82. The maximum Gasteiger partial charge on any atom is 0.329 e. The molecule has 0 spiro atoms. The SMILES string of the molecule is O=C(Cc1ccccc1Cl)N1CCC(n2c(=O)[nH]c3ccc(F)cc3c2=O)CC1. The molecule has 6 nitrogen and oxygen atoms in total. The molecule has 3 aromatic rings. The molecule has 1 N–H and O–H groups in total. The van der Waals surface area contributed by atoms with Crippen LogP contribution in [0, 0.1) is 5.82 Å². The topological polar surface area (TPSA) is 75.2 Å². The predicted octanol–water partition coefficient (Wildman–Crippen LogP) is 2.89. The Bertz CT molecular complexity index is 1200. The zero-order valence-electron chi connectivity index (χ0n) is 15.5. The van der Waals surface area contributed by atoms with Gasteiger partial charge in [-0.3, -0.25) is 14.2 Å². The second-order valence-electron chi connectivity index (χ2n) is 7.18. The van der Waals surface area contributed by atoms with Gasteiger partial charge in [0.1, 0.15) is 5.82 Å². The van der Waals surface area contributed by atoms with Gasteiger partial charge < -0.3 is 9.88 Å². The van der Waals surface area contributed by atoms with E-state index in [1.807, 2.05) is 18.2 Å². The zero-order valence-corrected chi connectivity index (χ0v) is 16.3. The Morgan fingerprint density at radius 2 is 1.86 bits per heavy atom. The molecule has 0 radical (unpaired) electrons. The van der Waals surface area contributed by atoms with E-state index in [9.17, 15) is 18.8 Å². The van der Waals surface area contributed by atoms with Crippen LogP contribution in [0.3, 0.4) is 0 Å². The summed E-state index contributed by atoms with van der Waals surface area (Å²) in [5.41, 5.74) is 0.0505. The summed E-state index contributed by atoms with van der Waals surface area (Å²) < 4.78 is 14.7. The van der Waals surface area contributed by atoms with Crippen LogP contribution in [-0.4, -0.2) is 33.4 Å². The highest BCUT2D eigenvalue weighted by atomic mass is 35.5. The van der Waals surface area contributed by atoms with Gasteiger partial charge >= 0.3 is 5.69 Å². The lowest BCUT2D eigenvalue weighted by Crippen LogP contribution is -2.45. The fourth-order valence-corrected chi connectivity index (χ4v) is 4.02. The molecule has 0 atom stereocenters. The van der Waals surface area contributed by atoms with Crippen LogP contribution < -0.4 is 11.2 Å². The summed E-state index contributed by atoms with van der Waals surface area (Å²) >= 11 is 6.13. The molecule has 8 heteroatoms. The number of H-pyrrole nitrogens is 1. The largest absolute Gasteiger partial charge is 0.342 e. The van der Waals surface area contributed by atoms with Gasteiger partial charge in [0.25, 0.3) is 5.56 Å². The summed E-state index contributed by atoms with van der Waals surface area (Å²) in [6, 6.07) is 10.6. The molecule has 4 rings (SSSR count). The van der Waals surface area contributed by atoms with Crippen molar-refractivity contribution in [3.63, 3.8) is 0 Å². The van der Waals surface area contributed by atoms with Crippen LogP contribution >= 0.6 is 11.6 Å². The van der Waals surface area contributed by atoms with Gasteiger partial charge in [-0.15, -0.1) is 0 Å². The molecule has 1 aliphatic rings. The number of benzene rings is 2. The van der Waals surface area contributed by atoms with Crippen LogP contribution in [0.2, 0.25) is 5.02 Å². The number of hydrogen-bond donors (Lipinski definition) is 1. The number of fused-ring (bicyclic) bond motifs is 1. The third-order valence-corrected chi connectivity index (χ3v) is 5.74. The normalized spacial score (nSPS) is 15.0. The first kappa shape index (κ1) is 19.4. The van der Waals surface area contributed by atoms with Gasteiger partial charge in [0.2, 0.25) is 5.91 Å². The molecule has 0 saturated carbocycles. The summed E-state index contributed by atoms with van der Waals surface area (Å²) in [5.74, 6) is -0.577. The summed E-state index contributed by atoms with van der Waals surface area (Å²) in [6.07, 6.45) is 1.15. The van der Waals surface area contributed by atoms with E-state index in [1.54, 1.807) is 11.0 Å². The minimum atomic E-state index is -0.534. The van der Waals surface area contributed by atoms with Crippen molar-refractivity contribution in [1.82, 2.24) is 14.5 Å². The predicted molar refractivity (Wildman–Crippen MR) is 109 cm³/mol. The van der Waals surface area contributed by atoms with Crippen LogP contribution in [0.4, 0.5) is 4.39 Å². The maximum absolute atomic E-state index is 13.5. The van der Waals surface area contributed by atoms with Crippen molar-refractivity contribution in [3.8, 4) is 0 Å². The highest BCUT2D eigenvalue weighted by Gasteiger charge is 2.26. The van der Waals surface area contributed by atoms with Crippen LogP contribution in [0.1, 0.15) is 24.4 Å². The molecule has 1 aliphatic heterocycles. The van der Waals surface area contributed by atoms with Crippen molar-refractivity contribution in [2.75, 3.05) is 13.1 Å². The third-order valence-electron chi connectivity index (χ3n) is 5.37. The first-order valence-electron chi connectivity index (χ1n) is 9.39. The van der Waals surface area contributed by atoms with Crippen molar-refractivity contribution in [2.24, 2.45) is 0 Å². The molecule has 1 amide bonds. The lowest BCUT2D eigenvalue weighted by Gasteiger charge is -2.32. The molecular formula is C21H19ClFN3O3. The highest BCUT2D eigenvalue weighted by molar-refractivity contribution is 6.31. The summed E-state index contributed by atoms with van der Waals surface area (Å²) in [5, 5.41) is 0.694. The number of carbonyl (C=O) groups excluding carboxylic acids is 1. The van der Waals surface area contributed by atoms with Gasteiger partial charge in [0.15, 0.2) is 0 Å². The molecule has 2 heterocycles. The molecule has 1 fully saturated rings. The van der Waals surface area contributed by atoms with E-state index in [2.05, 4.69) is 4.98 Å². The number of piperidine rings is 1. The van der Waals surface area contributed by atoms with Crippen LogP contribution in [0.5, 0.6) is 0 Å². The van der Waals surface area contributed by atoms with E-state index in [0.717, 1.165) is 16.2 Å². The second kappa shape index (κ2) is 7.83. The average molecular weight is 416 g/mol. The number of amides is 1. The van der Waals surface area contributed by atoms with Gasteiger partial charge in [-0.2, -0.15) is 0 Å². The second-order valence-corrected chi connectivity index (χ2v) is 7.58. The van der Waals surface area contributed by atoms with Crippen molar-refractivity contribution in [2.45, 2.75) is 25.3 Å². The summed E-state index contributed by atoms with van der Waals surface area (Å²) in [4.78, 5) is 42.2. The number of aromatic amines is 1. The molecule has 0 unspecified atom stereocenters. The van der Waals surface area contributed by atoms with Crippen LogP contribution in [0.15, 0.2) is 52.1 Å². The Morgan fingerprint density at radius 1 is 1.14 bits per heavy atom. The smallest absolute Gasteiger partial charge is 0.329 e. The molecule has 150 valence electrons. The van der Waals surface area contributed by atoms with E-state index in [-0.39, 0.29) is 23.8 Å². The summed E-state index contributed by atoms with van der Waals surface area (Å²) in [7, 11) is 0. The van der Waals surface area contributed by atoms with E-state index >= 15 is 0 Å². The molecule has 0 bridgehead atoms. The summed E-state index contributed by atoms with van der Waals surface area (Å²) in [6.45, 7) is 0.863. The molecule has 29 heavy (non-hydrogen) atoms. The minimum Gasteiger partial charge on any atom is -0.342 e. The first-order chi connectivity index (χ1) is 13.9. The van der Waals surface area contributed by atoms with Crippen molar-refractivity contribution >= 4 is 28.4 Å². The maximum atomic E-state index is 13.5. The van der Waals surface area contributed by atoms with E-state index < -0.39 is 17.1 Å². The molecule has 1 aromatic heterocycles. The monoisotopic (exact) mass is 415 g/mol. The number of nitrogens with zero attached hydrogens (tertiary/aromatic N) is 2. The molecule has 1 saturated heterocycles. The third kappa shape index (κ3) is 3.82. The Labute approximate surface area is 170 Å². The van der Waals surface area contributed by atoms with Crippen LogP contribution in [0.25, 0.3) is 10.9 Å². The lowest BCUT2D eigenvalue weighted by atomic mass is 10.0. The number of halogens is 2. The molecular weight excluding hydrogens is 397 g/mol. The van der Waals surface area contributed by atoms with Gasteiger partial charge in [0, 0.05) is 24.2 Å². The van der Waals surface area contributed by atoms with Crippen LogP contribution in [-0.2, 0) is 11.2 Å². The number of aromatic nitrogens is 2. The number of rotatable bonds is 3. The Balaban J connectivity index is 1.51. The fraction of sp³-hybridized carbons (Fsp3) is 0.286. The van der Waals surface area contributed by atoms with Crippen molar-refractivity contribution in [3.05, 3.63) is 79.7 Å². The van der Waals surface area contributed by atoms with Gasteiger partial charge in [-0.1, -0.05) is 29.8 Å². The lowest BCUT2D eigenvalue weighted by molar-refractivity contribution is -0.131. The number of hydrogen-bond acceptors (Lipinski definition) is 3. The van der Waals surface area contributed by atoms with E-state index in [1.165, 1.54) is 12.1 Å². The Hall–Kier alpha value is -2.93.